The fraction of sp³-hybridized carbons (Fsp3) is 0.609. The molecule has 1 N–H and O–H groups in total. The number of methoxy groups -OCH3 is 2. The highest BCUT2D eigenvalue weighted by molar-refractivity contribution is 5.78. The molecule has 0 radical (unpaired) electrons. The molecule has 2 aliphatic rings. The third kappa shape index (κ3) is 4.01. The first-order valence-electron chi connectivity index (χ1n) is 11.0. The Labute approximate surface area is 183 Å². The predicted molar refractivity (Wildman–Crippen MR) is 117 cm³/mol. The van der Waals surface area contributed by atoms with Crippen LogP contribution in [0.25, 0.3) is 0 Å². The number of aryl methyl sites for hydroxylation is 1. The Morgan fingerprint density at radius 1 is 1.29 bits per heavy atom. The molecule has 2 aromatic rings. The molecule has 1 aromatic heterocycles. The molecule has 168 valence electrons. The topological polar surface area (TPSA) is 83.6 Å². The molecule has 2 aliphatic heterocycles. The molecular formula is C23H33N5O3. The molecular weight excluding hydrogens is 394 g/mol. The van der Waals surface area contributed by atoms with Crippen LogP contribution in [0.5, 0.6) is 11.5 Å². The summed E-state index contributed by atoms with van der Waals surface area (Å²) in [7, 11) is 3.35. The third-order valence-electron chi connectivity index (χ3n) is 6.78. The van der Waals surface area contributed by atoms with Crippen molar-refractivity contribution in [3.8, 4) is 11.5 Å². The predicted octanol–water partition coefficient (Wildman–Crippen LogP) is 2.39. The van der Waals surface area contributed by atoms with E-state index < -0.39 is 0 Å². The van der Waals surface area contributed by atoms with Crippen LogP contribution in [0.4, 0.5) is 0 Å². The van der Waals surface area contributed by atoms with Crippen molar-refractivity contribution in [2.45, 2.75) is 39.2 Å². The second-order valence-corrected chi connectivity index (χ2v) is 9.13. The highest BCUT2D eigenvalue weighted by Gasteiger charge is 2.54. The number of aromatic amines is 1. The Morgan fingerprint density at radius 2 is 2.10 bits per heavy atom. The van der Waals surface area contributed by atoms with Crippen molar-refractivity contribution < 1.29 is 14.3 Å². The van der Waals surface area contributed by atoms with Crippen molar-refractivity contribution in [2.24, 2.45) is 11.8 Å². The number of likely N-dealkylation sites (tertiary alicyclic amines) is 2. The summed E-state index contributed by atoms with van der Waals surface area (Å²) >= 11 is 0. The number of piperidine rings is 1. The third-order valence-corrected chi connectivity index (χ3v) is 6.78. The van der Waals surface area contributed by atoms with E-state index in [1.807, 2.05) is 37.8 Å². The van der Waals surface area contributed by atoms with Crippen molar-refractivity contribution in [3.05, 3.63) is 35.4 Å². The van der Waals surface area contributed by atoms with Gasteiger partial charge in [-0.05, 0) is 26.0 Å². The SMILES string of the molecule is COc1ccc(CN2CC[C@@]3(c4n[nH]c(C)n4)CN(C(=O)C(C)C)C[C@H]3C2)c(OC)c1. The lowest BCUT2D eigenvalue weighted by Gasteiger charge is -2.41. The molecule has 4 rings (SSSR count). The molecule has 0 saturated carbocycles. The van der Waals surface area contributed by atoms with Gasteiger partial charge in [-0.3, -0.25) is 14.8 Å². The highest BCUT2D eigenvalue weighted by atomic mass is 16.5. The van der Waals surface area contributed by atoms with E-state index in [0.29, 0.717) is 12.5 Å². The summed E-state index contributed by atoms with van der Waals surface area (Å²) in [5.41, 5.74) is 0.952. The van der Waals surface area contributed by atoms with Gasteiger partial charge in [0, 0.05) is 49.6 Å². The molecule has 31 heavy (non-hydrogen) atoms. The van der Waals surface area contributed by atoms with Gasteiger partial charge < -0.3 is 14.4 Å². The minimum absolute atomic E-state index is 0.00857. The lowest BCUT2D eigenvalue weighted by molar-refractivity contribution is -0.133. The average Bonchev–Trinajstić information content (AvgIpc) is 3.37. The number of benzene rings is 1. The van der Waals surface area contributed by atoms with Gasteiger partial charge in [-0.15, -0.1) is 0 Å². The highest BCUT2D eigenvalue weighted by Crippen LogP contribution is 2.44. The van der Waals surface area contributed by atoms with Crippen LogP contribution in [0, 0.1) is 18.8 Å². The van der Waals surface area contributed by atoms with E-state index in [2.05, 4.69) is 21.2 Å². The van der Waals surface area contributed by atoms with Crippen LogP contribution < -0.4 is 9.47 Å². The van der Waals surface area contributed by atoms with Crippen molar-refractivity contribution in [1.82, 2.24) is 25.0 Å². The van der Waals surface area contributed by atoms with E-state index in [-0.39, 0.29) is 17.2 Å². The fourth-order valence-corrected chi connectivity index (χ4v) is 5.08. The van der Waals surface area contributed by atoms with Crippen LogP contribution in [0.2, 0.25) is 0 Å². The van der Waals surface area contributed by atoms with Gasteiger partial charge in [-0.1, -0.05) is 19.9 Å². The normalized spacial score (nSPS) is 23.8. The Bertz CT molecular complexity index is 943. The number of hydrogen-bond acceptors (Lipinski definition) is 6. The molecule has 0 bridgehead atoms. The van der Waals surface area contributed by atoms with Crippen LogP contribution >= 0.6 is 0 Å². The second-order valence-electron chi connectivity index (χ2n) is 9.13. The van der Waals surface area contributed by atoms with Gasteiger partial charge in [-0.2, -0.15) is 5.10 Å². The zero-order valence-corrected chi connectivity index (χ0v) is 19.1. The Morgan fingerprint density at radius 3 is 2.74 bits per heavy atom. The summed E-state index contributed by atoms with van der Waals surface area (Å²) in [6.45, 7) is 9.93. The van der Waals surface area contributed by atoms with E-state index >= 15 is 0 Å². The van der Waals surface area contributed by atoms with Crippen LogP contribution in [0.3, 0.4) is 0 Å². The van der Waals surface area contributed by atoms with Crippen LogP contribution in [-0.4, -0.2) is 71.3 Å². The number of nitrogens with one attached hydrogen (secondary N) is 1. The van der Waals surface area contributed by atoms with Crippen molar-refractivity contribution in [1.29, 1.82) is 0 Å². The number of aromatic nitrogens is 3. The minimum Gasteiger partial charge on any atom is -0.497 e. The summed E-state index contributed by atoms with van der Waals surface area (Å²) in [5, 5.41) is 7.55. The molecule has 1 aromatic carbocycles. The molecule has 0 spiro atoms. The summed E-state index contributed by atoms with van der Waals surface area (Å²) in [5.74, 6) is 3.80. The first-order chi connectivity index (χ1) is 14.9. The van der Waals surface area contributed by atoms with Gasteiger partial charge in [0.2, 0.25) is 5.91 Å². The van der Waals surface area contributed by atoms with Gasteiger partial charge in [0.25, 0.3) is 0 Å². The molecule has 8 nitrogen and oxygen atoms in total. The number of rotatable bonds is 6. The van der Waals surface area contributed by atoms with Crippen molar-refractivity contribution in [3.63, 3.8) is 0 Å². The number of carbonyl (C=O) groups excluding carboxylic acids is 1. The standard InChI is InChI=1S/C23H33N5O3/c1-15(2)21(29)28-13-18-12-27(11-17-6-7-19(30-4)10-20(17)31-5)9-8-23(18,14-28)22-24-16(3)25-26-22/h6-7,10,15,18H,8-9,11-14H2,1-5H3,(H,24,25,26)/t18-,23-/m1/s1. The zero-order chi connectivity index (χ0) is 22.2. The van der Waals surface area contributed by atoms with Gasteiger partial charge in [0.1, 0.15) is 17.3 Å². The minimum atomic E-state index is -0.185. The first-order valence-corrected chi connectivity index (χ1v) is 11.0. The quantitative estimate of drug-likeness (QED) is 0.762. The number of amides is 1. The van der Waals surface area contributed by atoms with Gasteiger partial charge >= 0.3 is 0 Å². The largest absolute Gasteiger partial charge is 0.497 e. The molecule has 0 unspecified atom stereocenters. The van der Waals surface area contributed by atoms with Gasteiger partial charge in [-0.25, -0.2) is 4.98 Å². The van der Waals surface area contributed by atoms with E-state index in [9.17, 15) is 4.79 Å². The number of hydrogen-bond donors (Lipinski definition) is 1. The maximum Gasteiger partial charge on any atom is 0.225 e. The number of fused-ring (bicyclic) bond motifs is 1. The smallest absolute Gasteiger partial charge is 0.225 e. The summed E-state index contributed by atoms with van der Waals surface area (Å²) in [4.78, 5) is 22.0. The number of nitrogens with zero attached hydrogens (tertiary/aromatic N) is 4. The van der Waals surface area contributed by atoms with Crippen LogP contribution in [0.15, 0.2) is 18.2 Å². The molecule has 8 heteroatoms. The maximum atomic E-state index is 12.8. The number of ether oxygens (including phenoxy) is 2. The Kier molecular flexibility index (Phi) is 5.92. The Balaban J connectivity index is 1.57. The summed E-state index contributed by atoms with van der Waals surface area (Å²) < 4.78 is 10.9. The van der Waals surface area contributed by atoms with Gasteiger partial charge in [0.15, 0.2) is 5.82 Å². The number of carbonyl (C=O) groups is 1. The van der Waals surface area contributed by atoms with Gasteiger partial charge in [0.05, 0.1) is 19.6 Å². The summed E-state index contributed by atoms with van der Waals surface area (Å²) in [6.07, 6.45) is 0.926. The van der Waals surface area contributed by atoms with E-state index in [0.717, 1.165) is 61.3 Å². The molecule has 0 aliphatic carbocycles. The van der Waals surface area contributed by atoms with E-state index in [1.165, 1.54) is 0 Å². The van der Waals surface area contributed by atoms with E-state index in [4.69, 9.17) is 14.5 Å². The van der Waals surface area contributed by atoms with Crippen molar-refractivity contribution in [2.75, 3.05) is 40.4 Å². The zero-order valence-electron chi connectivity index (χ0n) is 19.1. The number of H-pyrrole nitrogens is 1. The van der Waals surface area contributed by atoms with Crippen LogP contribution in [-0.2, 0) is 16.8 Å². The van der Waals surface area contributed by atoms with Crippen molar-refractivity contribution >= 4 is 5.91 Å². The second kappa shape index (κ2) is 8.49. The Hall–Kier alpha value is -2.61. The lowest BCUT2D eigenvalue weighted by Crippen LogP contribution is -2.49. The average molecular weight is 428 g/mol. The molecule has 2 saturated heterocycles. The lowest BCUT2D eigenvalue weighted by atomic mass is 9.72. The first kappa shape index (κ1) is 21.6. The molecule has 1 amide bonds. The van der Waals surface area contributed by atoms with Crippen LogP contribution in [0.1, 0.15) is 37.5 Å². The molecule has 3 heterocycles. The maximum absolute atomic E-state index is 12.8. The fourth-order valence-electron chi connectivity index (χ4n) is 5.08. The molecule has 2 atom stereocenters. The van der Waals surface area contributed by atoms with E-state index in [1.54, 1.807) is 14.2 Å². The molecule has 2 fully saturated rings. The summed E-state index contributed by atoms with van der Waals surface area (Å²) in [6, 6.07) is 5.97. The monoisotopic (exact) mass is 427 g/mol.